The zero-order valence-corrected chi connectivity index (χ0v) is 14.3. The first kappa shape index (κ1) is 16.1. The van der Waals surface area contributed by atoms with Crippen LogP contribution in [0.4, 0.5) is 0 Å². The highest BCUT2D eigenvalue weighted by molar-refractivity contribution is 7.98. The highest BCUT2D eigenvalue weighted by Gasteiger charge is 2.10. The average Bonchev–Trinajstić information content (AvgIpc) is 2.74. The van der Waals surface area contributed by atoms with Gasteiger partial charge < -0.3 is 9.84 Å². The molecule has 0 saturated carbocycles. The molecule has 1 aromatic heterocycles. The Kier molecular flexibility index (Phi) is 5.12. The van der Waals surface area contributed by atoms with Crippen LogP contribution in [0.15, 0.2) is 33.7 Å². The largest absolute Gasteiger partial charge is 0.361 e. The van der Waals surface area contributed by atoms with Crippen LogP contribution in [0.25, 0.3) is 0 Å². The maximum absolute atomic E-state index is 5.19. The van der Waals surface area contributed by atoms with E-state index >= 15 is 0 Å². The molecular weight excluding hydrogens is 280 g/mol. The Morgan fingerprint density at radius 2 is 1.81 bits per heavy atom. The number of hydrogen-bond acceptors (Lipinski definition) is 4. The molecule has 0 unspecified atom stereocenters. The lowest BCUT2D eigenvalue weighted by atomic mass is 10.1. The number of hydrogen-bond donors (Lipinski definition) is 1. The summed E-state index contributed by atoms with van der Waals surface area (Å²) in [4.78, 5) is 1.27. The van der Waals surface area contributed by atoms with Crippen LogP contribution in [0.1, 0.15) is 43.4 Å². The molecule has 1 N–H and O–H groups in total. The van der Waals surface area contributed by atoms with E-state index in [0.717, 1.165) is 23.8 Å². The van der Waals surface area contributed by atoms with Gasteiger partial charge in [-0.3, -0.25) is 0 Å². The molecule has 0 bridgehead atoms. The van der Waals surface area contributed by atoms with Crippen molar-refractivity contribution in [3.63, 3.8) is 0 Å². The van der Waals surface area contributed by atoms with Crippen LogP contribution in [0.2, 0.25) is 0 Å². The van der Waals surface area contributed by atoms with Gasteiger partial charge in [0.2, 0.25) is 0 Å². The maximum Gasteiger partial charge on any atom is 0.137 e. The molecule has 4 heteroatoms. The topological polar surface area (TPSA) is 38.1 Å². The third-order valence-corrected chi connectivity index (χ3v) is 4.35. The van der Waals surface area contributed by atoms with Gasteiger partial charge in [0.05, 0.1) is 5.69 Å². The van der Waals surface area contributed by atoms with Crippen molar-refractivity contribution < 1.29 is 4.52 Å². The Morgan fingerprint density at radius 3 is 2.33 bits per heavy atom. The normalized spacial score (nSPS) is 11.9. The molecule has 0 aliphatic heterocycles. The van der Waals surface area contributed by atoms with E-state index < -0.39 is 0 Å². The number of aryl methyl sites for hydroxylation is 2. The van der Waals surface area contributed by atoms with Crippen LogP contribution in [0, 0.1) is 13.8 Å². The Morgan fingerprint density at radius 1 is 1.14 bits per heavy atom. The first-order chi connectivity index (χ1) is 9.85. The fourth-order valence-electron chi connectivity index (χ4n) is 1.93. The molecular formula is C17H24N2OS. The van der Waals surface area contributed by atoms with Crippen molar-refractivity contribution in [2.75, 3.05) is 0 Å². The number of thioether (sulfide) groups is 1. The Balaban J connectivity index is 1.91. The summed E-state index contributed by atoms with van der Waals surface area (Å²) in [6, 6.07) is 8.74. The molecule has 2 aromatic rings. The van der Waals surface area contributed by atoms with Gasteiger partial charge in [0, 0.05) is 28.3 Å². The van der Waals surface area contributed by atoms with Crippen LogP contribution in [-0.4, -0.2) is 10.7 Å². The molecule has 2 rings (SSSR count). The van der Waals surface area contributed by atoms with E-state index in [0.29, 0.717) is 0 Å². The number of aromatic nitrogens is 1. The molecule has 21 heavy (non-hydrogen) atoms. The van der Waals surface area contributed by atoms with Gasteiger partial charge in [0.1, 0.15) is 5.76 Å². The summed E-state index contributed by atoms with van der Waals surface area (Å²) in [5.74, 6) is 1.83. The van der Waals surface area contributed by atoms with E-state index in [1.54, 1.807) is 0 Å². The Hall–Kier alpha value is -1.26. The smallest absolute Gasteiger partial charge is 0.137 e. The second-order valence-electron chi connectivity index (χ2n) is 6.34. The van der Waals surface area contributed by atoms with Crippen molar-refractivity contribution in [2.45, 2.75) is 57.4 Å². The van der Waals surface area contributed by atoms with E-state index in [2.05, 4.69) is 55.5 Å². The van der Waals surface area contributed by atoms with Crippen molar-refractivity contribution >= 4 is 11.8 Å². The summed E-state index contributed by atoms with van der Waals surface area (Å²) in [5, 5.41) is 7.49. The average molecular weight is 304 g/mol. The maximum atomic E-state index is 5.19. The van der Waals surface area contributed by atoms with Gasteiger partial charge >= 0.3 is 0 Å². The molecule has 0 aliphatic rings. The number of rotatable bonds is 5. The summed E-state index contributed by atoms with van der Waals surface area (Å²) in [6.07, 6.45) is 0. The monoisotopic (exact) mass is 304 g/mol. The highest BCUT2D eigenvalue weighted by Crippen LogP contribution is 2.26. The SMILES string of the molecule is Cc1noc(C)c1CSc1ccc(CNC(C)(C)C)cc1. The summed E-state index contributed by atoms with van der Waals surface area (Å²) >= 11 is 1.82. The van der Waals surface area contributed by atoms with E-state index in [1.165, 1.54) is 16.0 Å². The summed E-state index contributed by atoms with van der Waals surface area (Å²) in [6.45, 7) is 11.4. The minimum Gasteiger partial charge on any atom is -0.361 e. The Bertz CT molecular complexity index is 562. The Labute approximate surface area is 131 Å². The first-order valence-electron chi connectivity index (χ1n) is 7.24. The van der Waals surface area contributed by atoms with Crippen molar-refractivity contribution in [3.05, 3.63) is 46.8 Å². The minimum absolute atomic E-state index is 0.150. The zero-order valence-electron chi connectivity index (χ0n) is 13.5. The fraction of sp³-hybridized carbons (Fsp3) is 0.471. The zero-order chi connectivity index (χ0) is 15.5. The van der Waals surface area contributed by atoms with Crippen LogP contribution >= 0.6 is 11.8 Å². The number of nitrogens with zero attached hydrogens (tertiary/aromatic N) is 1. The van der Waals surface area contributed by atoms with Crippen LogP contribution in [0.5, 0.6) is 0 Å². The van der Waals surface area contributed by atoms with Crippen LogP contribution in [-0.2, 0) is 12.3 Å². The molecule has 1 heterocycles. The van der Waals surface area contributed by atoms with Crippen molar-refractivity contribution in [3.8, 4) is 0 Å². The van der Waals surface area contributed by atoms with E-state index in [9.17, 15) is 0 Å². The molecule has 0 saturated heterocycles. The van der Waals surface area contributed by atoms with Gasteiger partial charge in [-0.05, 0) is 52.3 Å². The minimum atomic E-state index is 0.150. The van der Waals surface area contributed by atoms with E-state index in [-0.39, 0.29) is 5.54 Å². The second kappa shape index (κ2) is 6.67. The lowest BCUT2D eigenvalue weighted by molar-refractivity contribution is 0.392. The summed E-state index contributed by atoms with van der Waals surface area (Å²) < 4.78 is 5.19. The number of benzene rings is 1. The van der Waals surface area contributed by atoms with Gasteiger partial charge in [-0.25, -0.2) is 0 Å². The standard InChI is InChI=1S/C17H24N2OS/c1-12-16(13(2)20-19-12)11-21-15-8-6-14(7-9-15)10-18-17(3,4)5/h6-9,18H,10-11H2,1-5H3. The van der Waals surface area contributed by atoms with Crippen molar-refractivity contribution in [1.29, 1.82) is 0 Å². The second-order valence-corrected chi connectivity index (χ2v) is 7.39. The van der Waals surface area contributed by atoms with Gasteiger partial charge in [0.25, 0.3) is 0 Å². The molecule has 0 aliphatic carbocycles. The molecule has 0 radical (unpaired) electrons. The molecule has 0 spiro atoms. The van der Waals surface area contributed by atoms with Crippen molar-refractivity contribution in [1.82, 2.24) is 10.5 Å². The molecule has 114 valence electrons. The van der Waals surface area contributed by atoms with Crippen molar-refractivity contribution in [2.24, 2.45) is 0 Å². The van der Waals surface area contributed by atoms with Crippen LogP contribution < -0.4 is 5.32 Å². The van der Waals surface area contributed by atoms with E-state index in [4.69, 9.17) is 4.52 Å². The molecule has 0 fully saturated rings. The lowest BCUT2D eigenvalue weighted by Crippen LogP contribution is -2.35. The lowest BCUT2D eigenvalue weighted by Gasteiger charge is -2.20. The quantitative estimate of drug-likeness (QED) is 0.827. The predicted octanol–water partition coefficient (Wildman–Crippen LogP) is 4.47. The molecule has 0 amide bonds. The van der Waals surface area contributed by atoms with Gasteiger partial charge in [-0.1, -0.05) is 17.3 Å². The van der Waals surface area contributed by atoms with Gasteiger partial charge in [-0.2, -0.15) is 0 Å². The molecule has 1 aromatic carbocycles. The van der Waals surface area contributed by atoms with E-state index in [1.807, 2.05) is 25.6 Å². The molecule has 0 atom stereocenters. The van der Waals surface area contributed by atoms with Crippen LogP contribution in [0.3, 0.4) is 0 Å². The summed E-state index contributed by atoms with van der Waals surface area (Å²) in [5.41, 5.74) is 3.66. The third-order valence-electron chi connectivity index (χ3n) is 3.31. The highest BCUT2D eigenvalue weighted by atomic mass is 32.2. The fourth-order valence-corrected chi connectivity index (χ4v) is 2.99. The third kappa shape index (κ3) is 4.90. The van der Waals surface area contributed by atoms with Gasteiger partial charge in [0.15, 0.2) is 0 Å². The first-order valence-corrected chi connectivity index (χ1v) is 8.22. The predicted molar refractivity (Wildman–Crippen MR) is 88.6 cm³/mol. The summed E-state index contributed by atoms with van der Waals surface area (Å²) in [7, 11) is 0. The molecule has 3 nitrogen and oxygen atoms in total. The number of nitrogens with one attached hydrogen (secondary N) is 1. The van der Waals surface area contributed by atoms with Gasteiger partial charge in [-0.15, -0.1) is 11.8 Å².